The van der Waals surface area contributed by atoms with Crippen molar-refractivity contribution in [3.05, 3.63) is 78.1 Å². The second-order valence-corrected chi connectivity index (χ2v) is 9.37. The smallest absolute Gasteiger partial charge is 0.408 e. The highest BCUT2D eigenvalue weighted by Gasteiger charge is 2.41. The van der Waals surface area contributed by atoms with Gasteiger partial charge < -0.3 is 34.5 Å². The fraction of sp³-hybridized carbons (Fsp3) is 0.267. The molecule has 1 atom stereocenters. The molecule has 2 aliphatic heterocycles. The van der Waals surface area contributed by atoms with E-state index in [1.54, 1.807) is 50.4 Å². The second-order valence-electron chi connectivity index (χ2n) is 9.37. The lowest BCUT2D eigenvalue weighted by molar-refractivity contribution is -0.142. The number of hydrogen-bond acceptors (Lipinski definition) is 8. The van der Waals surface area contributed by atoms with Crippen molar-refractivity contribution in [2.24, 2.45) is 0 Å². The van der Waals surface area contributed by atoms with E-state index >= 15 is 0 Å². The van der Waals surface area contributed by atoms with Gasteiger partial charge in [0, 0.05) is 31.4 Å². The van der Waals surface area contributed by atoms with E-state index in [-0.39, 0.29) is 31.4 Å². The molecular weight excluding hydrogens is 528 g/mol. The molecule has 3 amide bonds. The second kappa shape index (κ2) is 12.0. The Balaban J connectivity index is 1.27. The molecule has 3 heterocycles. The topological polar surface area (TPSA) is 128 Å². The van der Waals surface area contributed by atoms with Gasteiger partial charge in [0.15, 0.2) is 0 Å². The predicted octanol–water partition coefficient (Wildman–Crippen LogP) is 2.89. The van der Waals surface area contributed by atoms with Crippen LogP contribution in [0.1, 0.15) is 23.0 Å². The molecule has 0 saturated carbocycles. The Hall–Kier alpha value is -5.08. The molecule has 1 aromatic heterocycles. The summed E-state index contributed by atoms with van der Waals surface area (Å²) in [5, 5.41) is 5.30. The van der Waals surface area contributed by atoms with Gasteiger partial charge in [0.05, 0.1) is 5.69 Å². The minimum atomic E-state index is -1.03. The van der Waals surface area contributed by atoms with Gasteiger partial charge in [-0.25, -0.2) is 4.79 Å². The number of likely N-dealkylation sites (N-methyl/N-ethyl adjacent to an activating group) is 1. The van der Waals surface area contributed by atoms with E-state index in [1.807, 2.05) is 18.2 Å². The maximum atomic E-state index is 13.3. The van der Waals surface area contributed by atoms with Crippen molar-refractivity contribution in [3.8, 4) is 29.1 Å². The number of pyridine rings is 1. The number of nitrogens with zero attached hydrogens (tertiary/aromatic N) is 2. The van der Waals surface area contributed by atoms with E-state index in [4.69, 9.17) is 18.9 Å². The Bertz CT molecular complexity index is 1510. The van der Waals surface area contributed by atoms with Crippen LogP contribution in [-0.2, 0) is 14.3 Å². The minimum absolute atomic E-state index is 0.0754. The molecule has 210 valence electrons. The number of hydrogen-bond donors (Lipinski definition) is 2. The number of carbonyl (C=O) groups excluding carboxylic acids is 3. The summed E-state index contributed by atoms with van der Waals surface area (Å²) in [6.45, 7) is 2.48. The van der Waals surface area contributed by atoms with Gasteiger partial charge in [0.2, 0.25) is 5.60 Å². The van der Waals surface area contributed by atoms with Crippen molar-refractivity contribution in [1.82, 2.24) is 15.6 Å². The lowest BCUT2D eigenvalue weighted by Gasteiger charge is -2.35. The van der Waals surface area contributed by atoms with Gasteiger partial charge in [0.25, 0.3) is 11.8 Å². The molecule has 0 aliphatic carbocycles. The number of carbonyl (C=O) groups is 3. The van der Waals surface area contributed by atoms with Crippen molar-refractivity contribution in [1.29, 1.82) is 0 Å². The molecule has 0 spiro atoms. The van der Waals surface area contributed by atoms with Gasteiger partial charge in [-0.2, -0.15) is 0 Å². The predicted molar refractivity (Wildman–Crippen MR) is 148 cm³/mol. The van der Waals surface area contributed by atoms with Crippen LogP contribution >= 0.6 is 0 Å². The lowest BCUT2D eigenvalue weighted by atomic mass is 10.0. The van der Waals surface area contributed by atoms with Crippen LogP contribution in [0.25, 0.3) is 0 Å². The van der Waals surface area contributed by atoms with E-state index in [0.717, 1.165) is 0 Å². The first-order valence-electron chi connectivity index (χ1n) is 13.0. The number of ether oxygens (including phenoxy) is 4. The molecule has 1 saturated heterocycles. The lowest BCUT2D eigenvalue weighted by Crippen LogP contribution is -2.53. The summed E-state index contributed by atoms with van der Waals surface area (Å²) >= 11 is 0. The van der Waals surface area contributed by atoms with Gasteiger partial charge in [-0.05, 0) is 49.2 Å². The Morgan fingerprint density at radius 1 is 1.12 bits per heavy atom. The van der Waals surface area contributed by atoms with Crippen LogP contribution in [0.15, 0.2) is 66.9 Å². The van der Waals surface area contributed by atoms with E-state index in [0.29, 0.717) is 35.0 Å². The number of amides is 3. The Labute approximate surface area is 236 Å². The highest BCUT2D eigenvalue weighted by molar-refractivity contribution is 6.03. The summed E-state index contributed by atoms with van der Waals surface area (Å²) in [4.78, 5) is 43.8. The first-order chi connectivity index (χ1) is 19.9. The number of alkyl carbamates (subject to hydrolysis) is 1. The molecule has 1 unspecified atom stereocenters. The van der Waals surface area contributed by atoms with E-state index in [9.17, 15) is 14.4 Å². The van der Waals surface area contributed by atoms with Crippen LogP contribution in [-0.4, -0.2) is 67.9 Å². The minimum Gasteiger partial charge on any atom is -0.489 e. The monoisotopic (exact) mass is 556 g/mol. The van der Waals surface area contributed by atoms with Crippen molar-refractivity contribution < 1.29 is 33.3 Å². The molecule has 0 radical (unpaired) electrons. The fourth-order valence-corrected chi connectivity index (χ4v) is 4.12. The van der Waals surface area contributed by atoms with Crippen molar-refractivity contribution in [3.63, 3.8) is 0 Å². The molecule has 11 heteroatoms. The normalized spacial score (nSPS) is 16.9. The maximum Gasteiger partial charge on any atom is 0.408 e. The summed E-state index contributed by atoms with van der Waals surface area (Å²) < 4.78 is 22.3. The summed E-state index contributed by atoms with van der Waals surface area (Å²) in [6.07, 6.45) is 0.897. The molecule has 11 nitrogen and oxygen atoms in total. The molecule has 5 rings (SSSR count). The highest BCUT2D eigenvalue weighted by atomic mass is 16.6. The van der Waals surface area contributed by atoms with Crippen molar-refractivity contribution in [2.75, 3.05) is 38.3 Å². The zero-order chi connectivity index (χ0) is 28.8. The van der Waals surface area contributed by atoms with Crippen molar-refractivity contribution in [2.45, 2.75) is 18.6 Å². The molecule has 2 aromatic carbocycles. The number of nitrogens with one attached hydrogen (secondary N) is 2. The standard InChI is InChI=1S/C30H28N4O7/c1-3-31-29(37)41-30(18-38-19-30)13-11-20-9-10-26-25(15-20)34(2)28(36)24(17-39-26)33-27(35)23-16-22(12-14-32-23)40-21-7-5-4-6-8-21/h4-10,12,14-16,24H,3,17-19H2,1-2H3,(H,31,37)(H,33,35). The van der Waals surface area contributed by atoms with Crippen molar-refractivity contribution >= 4 is 23.6 Å². The first-order valence-corrected chi connectivity index (χ1v) is 13.0. The summed E-state index contributed by atoms with van der Waals surface area (Å²) in [5.74, 6) is 6.59. The van der Waals surface area contributed by atoms with Gasteiger partial charge in [-0.3, -0.25) is 14.6 Å². The average Bonchev–Trinajstić information content (AvgIpc) is 3.07. The number of fused-ring (bicyclic) bond motifs is 1. The SMILES string of the molecule is CCNC(=O)OC1(C#Cc2ccc3c(c2)N(C)C(=O)C(NC(=O)c2cc(Oc4ccccc4)ccn2)CO3)COC1. The van der Waals surface area contributed by atoms with Gasteiger partial charge in [0.1, 0.15) is 48.8 Å². The third kappa shape index (κ3) is 6.40. The van der Waals surface area contributed by atoms with Gasteiger partial charge in [-0.15, -0.1) is 0 Å². The first kappa shape index (κ1) is 27.5. The zero-order valence-corrected chi connectivity index (χ0v) is 22.5. The molecule has 41 heavy (non-hydrogen) atoms. The van der Waals surface area contributed by atoms with Crippen LogP contribution < -0.4 is 25.0 Å². The molecule has 3 aromatic rings. The molecular formula is C30H28N4O7. The van der Waals surface area contributed by atoms with Crippen LogP contribution in [0.4, 0.5) is 10.5 Å². The summed E-state index contributed by atoms with van der Waals surface area (Å²) in [7, 11) is 1.60. The largest absolute Gasteiger partial charge is 0.489 e. The number of para-hydroxylation sites is 1. The van der Waals surface area contributed by atoms with Crippen LogP contribution in [0.5, 0.6) is 17.2 Å². The molecule has 2 N–H and O–H groups in total. The Morgan fingerprint density at radius 2 is 1.93 bits per heavy atom. The fourth-order valence-electron chi connectivity index (χ4n) is 4.12. The molecule has 2 aliphatic rings. The Morgan fingerprint density at radius 3 is 2.66 bits per heavy atom. The van der Waals surface area contributed by atoms with E-state index < -0.39 is 23.6 Å². The van der Waals surface area contributed by atoms with Crippen LogP contribution in [0.3, 0.4) is 0 Å². The van der Waals surface area contributed by atoms with Crippen LogP contribution in [0.2, 0.25) is 0 Å². The third-order valence-corrected chi connectivity index (χ3v) is 6.32. The summed E-state index contributed by atoms with van der Waals surface area (Å²) in [5.41, 5.74) is 0.132. The molecule has 1 fully saturated rings. The van der Waals surface area contributed by atoms with Gasteiger partial charge in [-0.1, -0.05) is 24.1 Å². The number of aromatic nitrogens is 1. The van der Waals surface area contributed by atoms with Gasteiger partial charge >= 0.3 is 6.09 Å². The maximum absolute atomic E-state index is 13.3. The van der Waals surface area contributed by atoms with E-state index in [2.05, 4.69) is 27.5 Å². The summed E-state index contributed by atoms with van der Waals surface area (Å²) in [6, 6.07) is 16.5. The number of rotatable bonds is 6. The Kier molecular flexibility index (Phi) is 8.03. The third-order valence-electron chi connectivity index (χ3n) is 6.32. The zero-order valence-electron chi connectivity index (χ0n) is 22.5. The van der Waals surface area contributed by atoms with Crippen LogP contribution in [0, 0.1) is 11.8 Å². The quantitative estimate of drug-likeness (QED) is 0.444. The number of anilines is 1. The molecule has 0 bridgehead atoms. The average molecular weight is 557 g/mol. The highest BCUT2D eigenvalue weighted by Crippen LogP contribution is 2.32. The number of benzene rings is 2. The van der Waals surface area contributed by atoms with E-state index in [1.165, 1.54) is 17.2 Å².